The number of nitrogen functional groups attached to an aromatic ring is 1. The predicted molar refractivity (Wildman–Crippen MR) is 291 cm³/mol. The maximum Gasteiger partial charge on any atom is 0.481 e. The van der Waals surface area contributed by atoms with E-state index in [0.29, 0.717) is 32.1 Å². The summed E-state index contributed by atoms with van der Waals surface area (Å²) < 4.78 is 56.7. The molecule has 0 amide bonds. The summed E-state index contributed by atoms with van der Waals surface area (Å²) in [6.45, 7) is 1.78. The number of ether oxygens (including phenoxy) is 3. The predicted octanol–water partition coefficient (Wildman–Crippen LogP) is 9.39. The fraction of sp³-hybridized carbons (Fsp3) is 0.630. The van der Waals surface area contributed by atoms with Crippen LogP contribution in [0.25, 0.3) is 0 Å². The minimum atomic E-state index is -5.47. The first-order valence-electron chi connectivity index (χ1n) is 26.8. The van der Waals surface area contributed by atoms with Gasteiger partial charge in [0.25, 0.3) is 0 Å². The summed E-state index contributed by atoms with van der Waals surface area (Å²) in [4.78, 5) is 62.0. The topological polar surface area (TPSA) is 306 Å². The molecule has 0 aliphatic carbocycles. The number of anilines is 1. The molecular formula is C54H87N3O17P2. The molecule has 1 saturated heterocycles. The molecule has 0 radical (unpaired) electrons. The van der Waals surface area contributed by atoms with E-state index in [-0.39, 0.29) is 18.7 Å². The highest BCUT2D eigenvalue weighted by molar-refractivity contribution is 7.61. The number of carbonyl (C=O) groups is 2. The molecule has 9 atom stereocenters. The number of aliphatic hydroxyl groups excluding tert-OH is 4. The lowest BCUT2D eigenvalue weighted by Crippen LogP contribution is -2.36. The number of nitrogens with zero attached hydrogens (tertiary/aromatic N) is 2. The molecule has 2 heterocycles. The first-order chi connectivity index (χ1) is 36.5. The zero-order valence-electron chi connectivity index (χ0n) is 44.5. The summed E-state index contributed by atoms with van der Waals surface area (Å²) in [6.07, 6.45) is 37.2. The molecule has 1 fully saturated rings. The van der Waals surface area contributed by atoms with Gasteiger partial charge >= 0.3 is 33.3 Å². The van der Waals surface area contributed by atoms with E-state index in [1.807, 2.05) is 37.3 Å². The Hall–Kier alpha value is -4.14. The smallest absolute Gasteiger partial charge is 0.462 e. The zero-order valence-corrected chi connectivity index (χ0v) is 46.3. The Morgan fingerprint density at radius 2 is 1.33 bits per heavy atom. The van der Waals surface area contributed by atoms with E-state index in [4.69, 9.17) is 29.0 Å². The number of carbonyl (C=O) groups excluding carboxylic acids is 2. The van der Waals surface area contributed by atoms with Gasteiger partial charge in [0, 0.05) is 19.0 Å². The Balaban J connectivity index is 1.85. The fourth-order valence-corrected chi connectivity index (χ4v) is 9.57. The van der Waals surface area contributed by atoms with Crippen molar-refractivity contribution in [3.63, 3.8) is 0 Å². The molecule has 0 saturated carbocycles. The Labute approximate surface area is 449 Å². The van der Waals surface area contributed by atoms with Gasteiger partial charge in [-0.1, -0.05) is 163 Å². The molecule has 20 nitrogen and oxygen atoms in total. The first-order valence-corrected chi connectivity index (χ1v) is 29.8. The SMILES string of the molecule is CC/C=C\C[C@@H](O)/C=C/C=C\C/C=C\C=C\[C@@H](O)/C=C\CCCC(=O)OC[C@H](COP(=O)(O)OP(=O)(O)OC[C@H]1O[C@@H](n2ccc(N)nc2=O)[C@H](O)[C@@H]1O)OC(=O)CCCCCCCCC/C=C\CCCCCCCC. The van der Waals surface area contributed by atoms with Crippen LogP contribution in [-0.4, -0.2) is 108 Å². The highest BCUT2D eigenvalue weighted by atomic mass is 31.3. The van der Waals surface area contributed by atoms with E-state index >= 15 is 0 Å². The lowest BCUT2D eigenvalue weighted by Gasteiger charge is -2.21. The monoisotopic (exact) mass is 1110 g/mol. The second-order valence-electron chi connectivity index (χ2n) is 18.4. The Bertz CT molecular complexity index is 2140. The van der Waals surface area contributed by atoms with Crippen LogP contribution in [0.5, 0.6) is 0 Å². The maximum atomic E-state index is 12.9. The summed E-state index contributed by atoms with van der Waals surface area (Å²) in [5, 5.41) is 41.1. The van der Waals surface area contributed by atoms with Gasteiger partial charge in [0.1, 0.15) is 30.7 Å². The molecule has 0 aromatic carbocycles. The van der Waals surface area contributed by atoms with Crippen LogP contribution >= 0.6 is 15.6 Å². The van der Waals surface area contributed by atoms with Crippen molar-refractivity contribution in [1.82, 2.24) is 9.55 Å². The second kappa shape index (κ2) is 41.0. The quantitative estimate of drug-likeness (QED) is 0.0105. The number of hydrogen-bond donors (Lipinski definition) is 7. The van der Waals surface area contributed by atoms with Crippen molar-refractivity contribution >= 4 is 33.4 Å². The van der Waals surface area contributed by atoms with Gasteiger partial charge in [-0.05, 0) is 70.3 Å². The third-order valence-electron chi connectivity index (χ3n) is 11.6. The normalized spacial score (nSPS) is 20.2. The molecule has 430 valence electrons. The Morgan fingerprint density at radius 1 is 0.724 bits per heavy atom. The van der Waals surface area contributed by atoms with E-state index in [1.54, 1.807) is 42.5 Å². The Morgan fingerprint density at radius 3 is 1.99 bits per heavy atom. The van der Waals surface area contributed by atoms with E-state index in [9.17, 15) is 53.7 Å². The minimum absolute atomic E-state index is 0.00198. The van der Waals surface area contributed by atoms with Gasteiger partial charge in [-0.3, -0.25) is 23.2 Å². The Kier molecular flexibility index (Phi) is 36.7. The van der Waals surface area contributed by atoms with Gasteiger partial charge in [-0.25, -0.2) is 13.9 Å². The number of aromatic nitrogens is 2. The van der Waals surface area contributed by atoms with Gasteiger partial charge in [0.05, 0.1) is 25.4 Å². The number of allylic oxidation sites excluding steroid dienone is 10. The van der Waals surface area contributed by atoms with Gasteiger partial charge in [0.15, 0.2) is 12.3 Å². The summed E-state index contributed by atoms with van der Waals surface area (Å²) in [5.74, 6) is -1.50. The van der Waals surface area contributed by atoms with Crippen LogP contribution in [0.4, 0.5) is 5.82 Å². The van der Waals surface area contributed by atoms with Crippen molar-refractivity contribution in [2.45, 2.75) is 198 Å². The summed E-state index contributed by atoms with van der Waals surface area (Å²) >= 11 is 0. The molecule has 2 rings (SSSR count). The molecule has 1 aliphatic heterocycles. The lowest BCUT2D eigenvalue weighted by atomic mass is 10.1. The van der Waals surface area contributed by atoms with Crippen molar-refractivity contribution in [3.05, 3.63) is 108 Å². The van der Waals surface area contributed by atoms with Crippen LogP contribution in [0.1, 0.15) is 161 Å². The number of phosphoric acid groups is 2. The summed E-state index contributed by atoms with van der Waals surface area (Å²) in [6, 6.07) is 1.23. The van der Waals surface area contributed by atoms with E-state index in [2.05, 4.69) is 28.4 Å². The van der Waals surface area contributed by atoms with Gasteiger partial charge < -0.3 is 50.2 Å². The standard InChI is InChI=1S/C54H87N3O17P2/c1-3-5-7-8-9-10-11-12-13-14-15-16-17-18-22-25-31-38-50(61)72-46(41-69-49(60)37-32-26-30-36-45(59)35-29-24-21-19-20-23-28-34-44(58)33-27-6-4-2)42-70-75(65,66)74-76(67,68)71-43-47-51(62)52(63)53(73-47)57-40-39-48(55)56-54(57)64/h6,12-13,20-21,23-24,27-30,34-36,39-40,44-47,51-53,58-59,62-63H,3-5,7-11,14-19,22,25-26,31-33,37-38,41-43H2,1-2H3,(H,65,66)(H,67,68)(H2,55,56,64)/b13-12-,23-20-,24-21-,27-6-,34-28+,35-29+,36-30-/t44-,45-,46-,47-,51-,52-,53-/m1/s1. The number of hydrogen-bond acceptors (Lipinski definition) is 17. The van der Waals surface area contributed by atoms with Crippen molar-refractivity contribution < 1.29 is 76.5 Å². The van der Waals surface area contributed by atoms with Crippen LogP contribution in [0.3, 0.4) is 0 Å². The van der Waals surface area contributed by atoms with Crippen LogP contribution in [-0.2, 0) is 46.3 Å². The third kappa shape index (κ3) is 33.2. The number of rotatable bonds is 43. The van der Waals surface area contributed by atoms with E-state index in [0.717, 1.165) is 68.6 Å². The number of phosphoric ester groups is 2. The molecule has 1 aromatic heterocycles. The molecule has 8 N–H and O–H groups in total. The van der Waals surface area contributed by atoms with Gasteiger partial charge in [-0.15, -0.1) is 0 Å². The highest BCUT2D eigenvalue weighted by Gasteiger charge is 2.46. The average molecular weight is 1110 g/mol. The lowest BCUT2D eigenvalue weighted by molar-refractivity contribution is -0.161. The van der Waals surface area contributed by atoms with Crippen molar-refractivity contribution in [2.24, 2.45) is 0 Å². The van der Waals surface area contributed by atoms with Crippen LogP contribution in [0, 0.1) is 0 Å². The number of nitrogens with two attached hydrogens (primary N) is 1. The molecule has 76 heavy (non-hydrogen) atoms. The molecule has 1 aromatic rings. The van der Waals surface area contributed by atoms with E-state index < -0.39 is 95.9 Å². The van der Waals surface area contributed by atoms with Crippen LogP contribution in [0.15, 0.2) is 102 Å². The van der Waals surface area contributed by atoms with Crippen LogP contribution < -0.4 is 11.4 Å². The largest absolute Gasteiger partial charge is 0.481 e. The number of unbranched alkanes of at least 4 members (excludes halogenated alkanes) is 14. The van der Waals surface area contributed by atoms with Gasteiger partial charge in [0.2, 0.25) is 0 Å². The summed E-state index contributed by atoms with van der Waals surface area (Å²) in [5.41, 5.74) is 4.57. The molecule has 0 bridgehead atoms. The molecule has 22 heteroatoms. The molecule has 0 spiro atoms. The zero-order chi connectivity index (χ0) is 55.9. The molecular weight excluding hydrogens is 1020 g/mol. The third-order valence-corrected chi connectivity index (χ3v) is 14.2. The number of esters is 2. The first kappa shape index (κ1) is 68.0. The molecule has 1 aliphatic rings. The summed E-state index contributed by atoms with van der Waals surface area (Å²) in [7, 11) is -10.9. The highest BCUT2D eigenvalue weighted by Crippen LogP contribution is 2.60. The molecule has 2 unspecified atom stereocenters. The minimum Gasteiger partial charge on any atom is -0.462 e. The number of aliphatic hydroxyl groups is 4. The van der Waals surface area contributed by atoms with Crippen LogP contribution in [0.2, 0.25) is 0 Å². The average Bonchev–Trinajstić information content (AvgIpc) is 3.65. The van der Waals surface area contributed by atoms with Gasteiger partial charge in [-0.2, -0.15) is 9.29 Å². The van der Waals surface area contributed by atoms with E-state index in [1.165, 1.54) is 44.6 Å². The van der Waals surface area contributed by atoms with Crippen molar-refractivity contribution in [1.29, 1.82) is 0 Å². The van der Waals surface area contributed by atoms with Crippen molar-refractivity contribution in [3.8, 4) is 0 Å². The second-order valence-corrected chi connectivity index (χ2v) is 21.4. The van der Waals surface area contributed by atoms with Crippen molar-refractivity contribution in [2.75, 3.05) is 25.6 Å². The maximum absolute atomic E-state index is 12.9. The fourth-order valence-electron chi connectivity index (χ4n) is 7.46.